The van der Waals surface area contributed by atoms with Gasteiger partial charge < -0.3 is 4.90 Å². The summed E-state index contributed by atoms with van der Waals surface area (Å²) < 4.78 is 2.27. The fraction of sp³-hybridized carbons (Fsp3) is 0.127. The summed E-state index contributed by atoms with van der Waals surface area (Å²) >= 11 is 0. The lowest BCUT2D eigenvalue weighted by Gasteiger charge is -2.33. The maximum atomic E-state index is 9.87. The number of anilines is 2. The van der Waals surface area contributed by atoms with Crippen LogP contribution in [0.15, 0.2) is 185 Å². The van der Waals surface area contributed by atoms with Gasteiger partial charge in [0.2, 0.25) is 5.96 Å². The molecule has 0 bridgehead atoms. The number of aryl methyl sites for hydroxylation is 1. The number of rotatable bonds is 7. The van der Waals surface area contributed by atoms with Crippen molar-refractivity contribution in [1.82, 2.24) is 4.57 Å². The van der Waals surface area contributed by atoms with Gasteiger partial charge >= 0.3 is 0 Å². The first-order valence-electron chi connectivity index (χ1n) is 21.0. The molecule has 10 rings (SSSR count). The van der Waals surface area contributed by atoms with Crippen LogP contribution in [0, 0.1) is 18.3 Å². The number of nitrogens with zero attached hydrogens (tertiary/aromatic N) is 6. The molecule has 0 amide bonds. The summed E-state index contributed by atoms with van der Waals surface area (Å²) in [5, 5.41) is 13.5. The first kappa shape index (κ1) is 37.6. The minimum atomic E-state index is -0.117. The van der Waals surface area contributed by atoms with Crippen molar-refractivity contribution in [3.8, 4) is 6.07 Å². The maximum Gasteiger partial charge on any atom is 0.230 e. The first-order chi connectivity index (χ1) is 30.0. The Morgan fingerprint density at radius 3 is 2.33 bits per heavy atom. The van der Waals surface area contributed by atoms with E-state index in [-0.39, 0.29) is 12.0 Å². The van der Waals surface area contributed by atoms with Crippen LogP contribution in [0.3, 0.4) is 0 Å². The molecule has 0 fully saturated rings. The number of aliphatic imine (C=N–C) groups is 3. The number of fused-ring (bicyclic) bond motifs is 8. The lowest BCUT2D eigenvalue weighted by atomic mass is 9.86. The molecule has 2 unspecified atom stereocenters. The van der Waals surface area contributed by atoms with Gasteiger partial charge in [-0.1, -0.05) is 147 Å². The molecular formula is C55H44N6. The van der Waals surface area contributed by atoms with Crippen molar-refractivity contribution in [3.63, 3.8) is 0 Å². The second kappa shape index (κ2) is 15.9. The van der Waals surface area contributed by atoms with Gasteiger partial charge in [0.25, 0.3) is 0 Å². The number of hydrogen-bond donors (Lipinski definition) is 0. The normalized spacial score (nSPS) is 16.1. The van der Waals surface area contributed by atoms with E-state index in [0.29, 0.717) is 11.5 Å². The summed E-state index contributed by atoms with van der Waals surface area (Å²) in [6.07, 6.45) is 6.54. The fourth-order valence-corrected chi connectivity index (χ4v) is 9.25. The van der Waals surface area contributed by atoms with E-state index in [9.17, 15) is 5.26 Å². The van der Waals surface area contributed by atoms with Gasteiger partial charge in [-0.05, 0) is 83.3 Å². The zero-order valence-electron chi connectivity index (χ0n) is 34.5. The summed E-state index contributed by atoms with van der Waals surface area (Å²) in [5.74, 6) is 0.633. The Morgan fingerprint density at radius 2 is 1.49 bits per heavy atom. The van der Waals surface area contributed by atoms with Crippen molar-refractivity contribution in [2.75, 3.05) is 11.9 Å². The molecule has 1 aliphatic carbocycles. The van der Waals surface area contributed by atoms with Gasteiger partial charge in [0.05, 0.1) is 40.3 Å². The van der Waals surface area contributed by atoms with Crippen LogP contribution in [-0.4, -0.2) is 29.0 Å². The SMILES string of the molecule is CCC/C(=N\c1cc(N2c3ccccc3C3C=Cc4c(n(C(/N=C(/c5ccccc5)c5cccc(C#N)c5)=N/C)c5ccccc45)C32)ccc1C)c1ccc2ccccc2c1. The van der Waals surface area contributed by atoms with E-state index in [2.05, 4.69) is 163 Å². The van der Waals surface area contributed by atoms with Crippen molar-refractivity contribution in [2.45, 2.75) is 38.6 Å². The zero-order chi connectivity index (χ0) is 41.5. The van der Waals surface area contributed by atoms with Crippen LogP contribution < -0.4 is 4.90 Å². The number of benzene rings is 7. The third kappa shape index (κ3) is 6.65. The van der Waals surface area contributed by atoms with E-state index in [4.69, 9.17) is 15.0 Å². The lowest BCUT2D eigenvalue weighted by Crippen LogP contribution is -2.28. The molecule has 61 heavy (non-hydrogen) atoms. The summed E-state index contributed by atoms with van der Waals surface area (Å²) in [6, 6.07) is 59.4. The van der Waals surface area contributed by atoms with Crippen molar-refractivity contribution < 1.29 is 0 Å². The predicted octanol–water partition coefficient (Wildman–Crippen LogP) is 13.3. The summed E-state index contributed by atoms with van der Waals surface area (Å²) in [7, 11) is 1.82. The van der Waals surface area contributed by atoms with Gasteiger partial charge in [0.1, 0.15) is 0 Å². The monoisotopic (exact) mass is 788 g/mol. The molecule has 7 aromatic carbocycles. The highest BCUT2D eigenvalue weighted by Gasteiger charge is 2.44. The zero-order valence-corrected chi connectivity index (χ0v) is 34.5. The average Bonchev–Trinajstić information content (AvgIpc) is 3.83. The Balaban J connectivity index is 1.16. The van der Waals surface area contributed by atoms with E-state index in [1.54, 1.807) is 0 Å². The molecular weight excluding hydrogens is 745 g/mol. The molecule has 2 heterocycles. The summed E-state index contributed by atoms with van der Waals surface area (Å²) in [5.41, 5.74) is 14.3. The van der Waals surface area contributed by atoms with Crippen LogP contribution in [0.1, 0.15) is 76.4 Å². The molecule has 294 valence electrons. The lowest BCUT2D eigenvalue weighted by molar-refractivity contribution is 0.640. The second-order valence-corrected chi connectivity index (χ2v) is 15.8. The van der Waals surface area contributed by atoms with E-state index in [1.807, 2.05) is 49.5 Å². The minimum Gasteiger partial charge on any atom is -0.331 e. The van der Waals surface area contributed by atoms with E-state index < -0.39 is 0 Å². The molecule has 0 spiro atoms. The molecule has 2 atom stereocenters. The smallest absolute Gasteiger partial charge is 0.230 e. The van der Waals surface area contributed by atoms with Crippen LogP contribution in [-0.2, 0) is 0 Å². The Hall–Kier alpha value is -7.62. The van der Waals surface area contributed by atoms with Crippen molar-refractivity contribution >= 4 is 62.2 Å². The van der Waals surface area contributed by atoms with Gasteiger partial charge in [-0.25, -0.2) is 4.99 Å². The molecule has 0 radical (unpaired) electrons. The van der Waals surface area contributed by atoms with Crippen LogP contribution in [0.4, 0.5) is 17.1 Å². The van der Waals surface area contributed by atoms with Gasteiger partial charge in [-0.3, -0.25) is 14.6 Å². The van der Waals surface area contributed by atoms with Crippen molar-refractivity contribution in [2.24, 2.45) is 15.0 Å². The fourth-order valence-electron chi connectivity index (χ4n) is 9.25. The maximum absolute atomic E-state index is 9.87. The number of para-hydroxylation sites is 2. The number of nitriles is 1. The van der Waals surface area contributed by atoms with Crippen LogP contribution >= 0.6 is 0 Å². The average molecular weight is 789 g/mol. The van der Waals surface area contributed by atoms with Crippen LogP contribution in [0.25, 0.3) is 27.8 Å². The van der Waals surface area contributed by atoms with Gasteiger partial charge in [-0.15, -0.1) is 0 Å². The Kier molecular flexibility index (Phi) is 9.78. The molecule has 1 aliphatic heterocycles. The quantitative estimate of drug-likeness (QED) is 0.119. The predicted molar refractivity (Wildman–Crippen MR) is 253 cm³/mol. The summed E-state index contributed by atoms with van der Waals surface area (Å²) in [6.45, 7) is 4.38. The molecule has 1 aromatic heterocycles. The highest BCUT2D eigenvalue weighted by Crippen LogP contribution is 2.57. The summed E-state index contributed by atoms with van der Waals surface area (Å²) in [4.78, 5) is 18.4. The van der Waals surface area contributed by atoms with Crippen molar-refractivity contribution in [3.05, 3.63) is 215 Å². The molecule has 8 aromatic rings. The second-order valence-electron chi connectivity index (χ2n) is 15.8. The third-order valence-electron chi connectivity index (χ3n) is 12.1. The Labute approximate surface area is 356 Å². The Morgan fingerprint density at radius 1 is 0.721 bits per heavy atom. The molecule has 6 nitrogen and oxygen atoms in total. The van der Waals surface area contributed by atoms with Crippen LogP contribution in [0.2, 0.25) is 0 Å². The molecule has 0 saturated heterocycles. The first-order valence-corrected chi connectivity index (χ1v) is 21.0. The Bertz CT molecular complexity index is 3160. The van der Waals surface area contributed by atoms with Crippen molar-refractivity contribution in [1.29, 1.82) is 5.26 Å². The van der Waals surface area contributed by atoms with Gasteiger partial charge in [0, 0.05) is 52.1 Å². The molecule has 0 saturated carbocycles. The number of aromatic nitrogens is 1. The van der Waals surface area contributed by atoms with Gasteiger partial charge in [-0.2, -0.15) is 5.26 Å². The topological polar surface area (TPSA) is 69.0 Å². The highest BCUT2D eigenvalue weighted by molar-refractivity contribution is 6.18. The molecule has 6 heteroatoms. The van der Waals surface area contributed by atoms with E-state index in [0.717, 1.165) is 80.1 Å². The van der Waals surface area contributed by atoms with E-state index >= 15 is 0 Å². The largest absolute Gasteiger partial charge is 0.331 e. The molecule has 0 N–H and O–H groups in total. The van der Waals surface area contributed by atoms with E-state index in [1.165, 1.54) is 22.0 Å². The van der Waals surface area contributed by atoms with Crippen LogP contribution in [0.5, 0.6) is 0 Å². The molecule has 2 aliphatic rings. The minimum absolute atomic E-state index is 0.0660. The number of hydrogen-bond acceptors (Lipinski definition) is 4. The highest BCUT2D eigenvalue weighted by atomic mass is 15.3. The standard InChI is InChI=1S/C55H44N6/c1-4-15-48(41-28-27-38-17-8-9-20-40(38)33-41)58-49-34-43(29-26-36(49)2)60-50-24-12-10-22-44(50)46-30-31-47-45-23-11-13-25-51(45)61(54(47)53(46)60)55(57-3)59-52(39-18-6-5-7-19-39)42-21-14-16-37(32-42)35-56/h5-14,16-34,46,53H,4,15H2,1-3H3/b57-55+,58-48+,59-52-. The van der Waals surface area contributed by atoms with Gasteiger partial charge in [0.15, 0.2) is 0 Å². The third-order valence-corrected chi connectivity index (χ3v) is 12.1.